The largest absolute Gasteiger partial charge is 0.487 e. The summed E-state index contributed by atoms with van der Waals surface area (Å²) in [5, 5.41) is 9.27. The van der Waals surface area contributed by atoms with E-state index < -0.39 is 0 Å². The minimum absolute atomic E-state index is 0.360. The van der Waals surface area contributed by atoms with Gasteiger partial charge in [0.1, 0.15) is 12.4 Å². The Morgan fingerprint density at radius 3 is 2.41 bits per heavy atom. The van der Waals surface area contributed by atoms with Crippen molar-refractivity contribution in [2.45, 2.75) is 6.61 Å². The molecule has 5 nitrogen and oxygen atoms in total. The van der Waals surface area contributed by atoms with E-state index in [2.05, 4.69) is 85.4 Å². The van der Waals surface area contributed by atoms with E-state index in [0.717, 1.165) is 56.0 Å². The zero-order valence-corrected chi connectivity index (χ0v) is 21.6. The summed E-state index contributed by atoms with van der Waals surface area (Å²) >= 11 is 4.57. The number of ether oxygens (including phenoxy) is 2. The Morgan fingerprint density at radius 2 is 1.72 bits per heavy atom. The Kier molecular flexibility index (Phi) is 8.00. The number of nitrogens with zero attached hydrogens (tertiary/aromatic N) is 3. The zero-order chi connectivity index (χ0) is 22.3. The van der Waals surface area contributed by atoms with E-state index in [9.17, 15) is 5.26 Å². The Hall–Kier alpha value is -2.16. The second kappa shape index (κ2) is 11.1. The summed E-state index contributed by atoms with van der Waals surface area (Å²) in [6, 6.07) is 22.1. The zero-order valence-electron chi connectivity index (χ0n) is 17.3. The summed E-state index contributed by atoms with van der Waals surface area (Å²) in [4.78, 5) is 6.97. The monoisotopic (exact) mass is 649 g/mol. The van der Waals surface area contributed by atoms with Gasteiger partial charge in [0, 0.05) is 30.6 Å². The van der Waals surface area contributed by atoms with Crippen LogP contribution >= 0.6 is 45.2 Å². The first-order valence-corrected chi connectivity index (χ1v) is 12.4. The number of nitriles is 1. The van der Waals surface area contributed by atoms with Crippen LogP contribution < -0.4 is 9.64 Å². The molecule has 7 heteroatoms. The van der Waals surface area contributed by atoms with Crippen molar-refractivity contribution in [2.24, 2.45) is 4.99 Å². The normalized spacial score (nSPS) is 13.8. The number of anilines is 1. The summed E-state index contributed by atoms with van der Waals surface area (Å²) in [7, 11) is 0. The van der Waals surface area contributed by atoms with Crippen molar-refractivity contribution in [1.29, 1.82) is 5.26 Å². The fourth-order valence-electron chi connectivity index (χ4n) is 3.42. The molecule has 0 saturated carbocycles. The topological polar surface area (TPSA) is 57.8 Å². The number of rotatable bonds is 6. The molecule has 0 aliphatic carbocycles. The smallest absolute Gasteiger partial charge is 0.146 e. The number of benzene rings is 3. The molecule has 0 aromatic heterocycles. The maximum absolute atomic E-state index is 9.27. The first kappa shape index (κ1) is 23.0. The van der Waals surface area contributed by atoms with Crippen LogP contribution in [0, 0.1) is 18.5 Å². The summed E-state index contributed by atoms with van der Waals surface area (Å²) < 4.78 is 13.5. The molecule has 0 spiro atoms. The van der Waals surface area contributed by atoms with E-state index >= 15 is 0 Å². The molecule has 1 aliphatic rings. The van der Waals surface area contributed by atoms with Crippen molar-refractivity contribution in [3.8, 4) is 11.8 Å². The van der Waals surface area contributed by atoms with Gasteiger partial charge in [0.05, 0.1) is 37.7 Å². The summed E-state index contributed by atoms with van der Waals surface area (Å²) in [5.41, 5.74) is 4.66. The highest BCUT2D eigenvalue weighted by atomic mass is 127. The predicted octanol–water partition coefficient (Wildman–Crippen LogP) is 5.93. The van der Waals surface area contributed by atoms with Crippen molar-refractivity contribution in [1.82, 2.24) is 0 Å². The summed E-state index contributed by atoms with van der Waals surface area (Å²) in [5.74, 6) is 0.825. The van der Waals surface area contributed by atoms with Crippen LogP contribution in [0.2, 0.25) is 0 Å². The summed E-state index contributed by atoms with van der Waals surface area (Å²) in [6.07, 6.45) is 1.88. The predicted molar refractivity (Wildman–Crippen MR) is 144 cm³/mol. The lowest BCUT2D eigenvalue weighted by molar-refractivity contribution is 0.122. The SMILES string of the molecule is N#Cc1ccccc1COc1c(I)cc(C=Nc2ccc(N3CCOCC3)cc2)cc1I. The third-order valence-electron chi connectivity index (χ3n) is 5.12. The van der Waals surface area contributed by atoms with Crippen LogP contribution in [0.15, 0.2) is 65.7 Å². The van der Waals surface area contributed by atoms with E-state index in [1.807, 2.05) is 42.6 Å². The molecule has 3 aromatic rings. The van der Waals surface area contributed by atoms with Gasteiger partial charge >= 0.3 is 0 Å². The molecule has 4 rings (SSSR count). The van der Waals surface area contributed by atoms with E-state index in [1.54, 1.807) is 0 Å². The van der Waals surface area contributed by atoms with Crippen LogP contribution in [-0.4, -0.2) is 32.5 Å². The molecule has 0 amide bonds. The van der Waals surface area contributed by atoms with Gasteiger partial charge in [-0.05, 0) is 93.2 Å². The third kappa shape index (κ3) is 5.79. The van der Waals surface area contributed by atoms with Crippen LogP contribution in [0.25, 0.3) is 0 Å². The van der Waals surface area contributed by atoms with Crippen molar-refractivity contribution in [3.63, 3.8) is 0 Å². The number of hydrogen-bond donors (Lipinski definition) is 0. The fourth-order valence-corrected chi connectivity index (χ4v) is 5.54. The highest BCUT2D eigenvalue weighted by molar-refractivity contribution is 14.1. The molecule has 0 unspecified atom stereocenters. The standard InChI is InChI=1S/C25H21I2N3O2/c26-23-13-18(14-24(27)25(23)32-17-20-4-2-1-3-19(20)15-28)16-29-21-5-7-22(8-6-21)30-9-11-31-12-10-30/h1-8,13-14,16H,9-12,17H2. The number of hydrogen-bond acceptors (Lipinski definition) is 5. The lowest BCUT2D eigenvalue weighted by Crippen LogP contribution is -2.36. The minimum Gasteiger partial charge on any atom is -0.487 e. The van der Waals surface area contributed by atoms with Crippen LogP contribution in [0.5, 0.6) is 5.75 Å². The fraction of sp³-hybridized carbons (Fsp3) is 0.200. The molecule has 0 N–H and O–H groups in total. The molecule has 3 aromatic carbocycles. The van der Waals surface area contributed by atoms with Crippen molar-refractivity contribution in [3.05, 3.63) is 84.5 Å². The molecular weight excluding hydrogens is 628 g/mol. The minimum atomic E-state index is 0.360. The number of aliphatic imine (C=N–C) groups is 1. The first-order chi connectivity index (χ1) is 15.6. The molecule has 1 fully saturated rings. The van der Waals surface area contributed by atoms with Gasteiger partial charge in [0.25, 0.3) is 0 Å². The van der Waals surface area contributed by atoms with Gasteiger partial charge in [-0.25, -0.2) is 0 Å². The van der Waals surface area contributed by atoms with Crippen LogP contribution in [-0.2, 0) is 11.3 Å². The second-order valence-corrected chi connectivity index (χ2v) is 9.57. The Labute approximate surface area is 215 Å². The number of morpholine rings is 1. The van der Waals surface area contributed by atoms with E-state index in [-0.39, 0.29) is 0 Å². The Bertz CT molecular complexity index is 1130. The summed E-state index contributed by atoms with van der Waals surface area (Å²) in [6.45, 7) is 3.77. The lowest BCUT2D eigenvalue weighted by atomic mass is 10.1. The van der Waals surface area contributed by atoms with Crippen molar-refractivity contribution < 1.29 is 9.47 Å². The van der Waals surface area contributed by atoms with Crippen molar-refractivity contribution >= 4 is 62.8 Å². The molecule has 0 bridgehead atoms. The van der Waals surface area contributed by atoms with Crippen molar-refractivity contribution in [2.75, 3.05) is 31.2 Å². The molecule has 32 heavy (non-hydrogen) atoms. The molecule has 1 aliphatic heterocycles. The van der Waals surface area contributed by atoms with Gasteiger partial charge in [-0.15, -0.1) is 0 Å². The molecule has 1 saturated heterocycles. The molecular formula is C25H21I2N3O2. The highest BCUT2D eigenvalue weighted by Gasteiger charge is 2.12. The van der Waals surface area contributed by atoms with Crippen LogP contribution in [0.3, 0.4) is 0 Å². The average Bonchev–Trinajstić information content (AvgIpc) is 2.83. The quantitative estimate of drug-likeness (QED) is 0.246. The Morgan fingerprint density at radius 1 is 1.03 bits per heavy atom. The van der Waals surface area contributed by atoms with Gasteiger partial charge in [-0.1, -0.05) is 18.2 Å². The maximum atomic E-state index is 9.27. The lowest BCUT2D eigenvalue weighted by Gasteiger charge is -2.28. The van der Waals surface area contributed by atoms with Gasteiger partial charge < -0.3 is 14.4 Å². The van der Waals surface area contributed by atoms with Gasteiger partial charge in [-0.3, -0.25) is 4.99 Å². The molecule has 0 atom stereocenters. The van der Waals surface area contributed by atoms with Crippen LogP contribution in [0.1, 0.15) is 16.7 Å². The number of halogens is 2. The van der Waals surface area contributed by atoms with Gasteiger partial charge in [-0.2, -0.15) is 5.26 Å². The maximum Gasteiger partial charge on any atom is 0.146 e. The van der Waals surface area contributed by atoms with Gasteiger partial charge in [0.2, 0.25) is 0 Å². The highest BCUT2D eigenvalue weighted by Crippen LogP contribution is 2.30. The van der Waals surface area contributed by atoms with Crippen LogP contribution in [0.4, 0.5) is 11.4 Å². The second-order valence-electron chi connectivity index (χ2n) is 7.25. The average molecular weight is 649 g/mol. The van der Waals surface area contributed by atoms with E-state index in [4.69, 9.17) is 9.47 Å². The van der Waals surface area contributed by atoms with E-state index in [1.165, 1.54) is 5.69 Å². The molecule has 0 radical (unpaired) electrons. The molecule has 162 valence electrons. The third-order valence-corrected chi connectivity index (χ3v) is 6.72. The van der Waals surface area contributed by atoms with E-state index in [0.29, 0.717) is 12.2 Å². The molecule has 1 heterocycles. The van der Waals surface area contributed by atoms with Gasteiger partial charge in [0.15, 0.2) is 0 Å². The Balaban J connectivity index is 1.43. The first-order valence-electron chi connectivity index (χ1n) is 10.2.